The maximum Gasteiger partial charge on any atom is 0.257 e. The fraction of sp³-hybridized carbons (Fsp3) is 0.346. The number of ether oxygens (including phenoxy) is 2. The lowest BCUT2D eigenvalue weighted by molar-refractivity contribution is 0.0370. The number of morpholine rings is 1. The Bertz CT molecular complexity index is 1350. The molecule has 0 unspecified atom stereocenters. The van der Waals surface area contributed by atoms with Crippen molar-refractivity contribution in [2.24, 2.45) is 0 Å². The van der Waals surface area contributed by atoms with E-state index in [0.717, 1.165) is 61.6 Å². The van der Waals surface area contributed by atoms with Crippen molar-refractivity contribution in [2.75, 3.05) is 45.7 Å². The predicted molar refractivity (Wildman–Crippen MR) is 135 cm³/mol. The lowest BCUT2D eigenvalue weighted by Crippen LogP contribution is -2.37. The van der Waals surface area contributed by atoms with Crippen molar-refractivity contribution in [1.82, 2.24) is 24.8 Å². The van der Waals surface area contributed by atoms with E-state index in [9.17, 15) is 4.79 Å². The van der Waals surface area contributed by atoms with Crippen molar-refractivity contribution >= 4 is 33.9 Å². The van der Waals surface area contributed by atoms with Crippen molar-refractivity contribution in [3.8, 4) is 5.75 Å². The molecule has 0 saturated carbocycles. The van der Waals surface area contributed by atoms with E-state index in [-0.39, 0.29) is 5.91 Å². The highest BCUT2D eigenvalue weighted by atomic mass is 16.5. The summed E-state index contributed by atoms with van der Waals surface area (Å²) in [7, 11) is 1.61. The summed E-state index contributed by atoms with van der Waals surface area (Å²) >= 11 is 0. The maximum absolute atomic E-state index is 13.4. The maximum atomic E-state index is 13.4. The summed E-state index contributed by atoms with van der Waals surface area (Å²) in [6.45, 7) is 5.29. The molecule has 0 radical (unpaired) electrons. The van der Waals surface area contributed by atoms with E-state index in [2.05, 4.69) is 10.2 Å². The number of aryl methyl sites for hydroxylation is 1. The Morgan fingerprint density at radius 2 is 1.77 bits per heavy atom. The van der Waals surface area contributed by atoms with Crippen LogP contribution in [0.25, 0.3) is 22.2 Å². The Morgan fingerprint density at radius 1 is 1.06 bits per heavy atom. The number of carbonyl (C=O) groups excluding carboxylic acids is 1. The van der Waals surface area contributed by atoms with Gasteiger partial charge >= 0.3 is 0 Å². The first kappa shape index (κ1) is 23.1. The normalized spacial score (nSPS) is 14.4. The predicted octanol–water partition coefficient (Wildman–Crippen LogP) is 2.83. The number of hydrogen-bond acceptors (Lipinski definition) is 7. The van der Waals surface area contributed by atoms with Gasteiger partial charge < -0.3 is 25.1 Å². The summed E-state index contributed by atoms with van der Waals surface area (Å²) in [6, 6.07) is 15.3. The van der Waals surface area contributed by atoms with Crippen LogP contribution in [0.15, 0.2) is 48.5 Å². The Labute approximate surface area is 203 Å². The third-order valence-electron chi connectivity index (χ3n) is 6.41. The van der Waals surface area contributed by atoms with E-state index in [1.54, 1.807) is 7.11 Å². The number of nitrogens with one attached hydrogen (secondary N) is 1. The van der Waals surface area contributed by atoms with Gasteiger partial charge in [-0.15, -0.1) is 0 Å². The number of fused-ring (bicyclic) bond motifs is 2. The second-order valence-corrected chi connectivity index (χ2v) is 8.60. The van der Waals surface area contributed by atoms with Gasteiger partial charge in [0.1, 0.15) is 22.6 Å². The topological polar surface area (TPSA) is 108 Å². The Kier molecular flexibility index (Phi) is 6.78. The monoisotopic (exact) mass is 474 g/mol. The molecule has 1 saturated heterocycles. The highest BCUT2D eigenvalue weighted by molar-refractivity contribution is 6.10. The fourth-order valence-corrected chi connectivity index (χ4v) is 4.56. The molecule has 1 aliphatic heterocycles. The van der Waals surface area contributed by atoms with Gasteiger partial charge in [-0.1, -0.05) is 30.3 Å². The van der Waals surface area contributed by atoms with E-state index >= 15 is 0 Å². The van der Waals surface area contributed by atoms with E-state index in [0.29, 0.717) is 35.6 Å². The minimum atomic E-state index is -0.282. The van der Waals surface area contributed by atoms with Gasteiger partial charge in [-0.2, -0.15) is 0 Å². The van der Waals surface area contributed by atoms with Gasteiger partial charge in [-0.25, -0.2) is 9.97 Å². The minimum absolute atomic E-state index is 0.282. The first-order chi connectivity index (χ1) is 17.2. The summed E-state index contributed by atoms with van der Waals surface area (Å²) in [5, 5.41) is 2.99. The first-order valence-corrected chi connectivity index (χ1v) is 11.9. The standard InChI is InChI=1S/C26H30N6O3/c1-34-21-10-5-2-7-18(21)17-28-26(33)22-23-25(30-20-9-4-3-8-19(20)29-23)32(24(22)27)12-6-11-31-13-15-35-16-14-31/h2-5,7-10H,6,11-17,27H2,1H3,(H,28,33). The molecule has 182 valence electrons. The van der Waals surface area contributed by atoms with Gasteiger partial charge in [-0.05, 0) is 24.6 Å². The number of benzene rings is 2. The minimum Gasteiger partial charge on any atom is -0.496 e. The molecular weight excluding hydrogens is 444 g/mol. The molecule has 1 fully saturated rings. The van der Waals surface area contributed by atoms with E-state index in [1.165, 1.54) is 0 Å². The summed E-state index contributed by atoms with van der Waals surface area (Å²) < 4.78 is 12.8. The number of anilines is 1. The van der Waals surface area contributed by atoms with Crippen LogP contribution >= 0.6 is 0 Å². The molecule has 35 heavy (non-hydrogen) atoms. The number of carbonyl (C=O) groups is 1. The van der Waals surface area contributed by atoms with Gasteiger partial charge in [0.05, 0.1) is 31.4 Å². The van der Waals surface area contributed by atoms with Crippen molar-refractivity contribution in [3.63, 3.8) is 0 Å². The Balaban J connectivity index is 1.45. The van der Waals surface area contributed by atoms with Crippen LogP contribution in [0.2, 0.25) is 0 Å². The van der Waals surface area contributed by atoms with Crippen molar-refractivity contribution in [2.45, 2.75) is 19.5 Å². The number of nitrogen functional groups attached to an aromatic ring is 1. The quantitative estimate of drug-likeness (QED) is 0.404. The van der Waals surface area contributed by atoms with E-state index < -0.39 is 0 Å². The lowest BCUT2D eigenvalue weighted by atomic mass is 10.2. The summed E-state index contributed by atoms with van der Waals surface area (Å²) in [5.74, 6) is 0.821. The first-order valence-electron chi connectivity index (χ1n) is 11.9. The average molecular weight is 475 g/mol. The zero-order chi connectivity index (χ0) is 24.2. The molecule has 2 aromatic carbocycles. The molecule has 3 N–H and O–H groups in total. The fourth-order valence-electron chi connectivity index (χ4n) is 4.56. The molecule has 9 nitrogen and oxygen atoms in total. The largest absolute Gasteiger partial charge is 0.496 e. The number of hydrogen-bond donors (Lipinski definition) is 2. The molecule has 5 rings (SSSR count). The number of nitrogens with zero attached hydrogens (tertiary/aromatic N) is 4. The molecule has 0 aliphatic carbocycles. The average Bonchev–Trinajstić information content (AvgIpc) is 3.16. The molecule has 0 atom stereocenters. The highest BCUT2D eigenvalue weighted by Crippen LogP contribution is 2.28. The summed E-state index contributed by atoms with van der Waals surface area (Å²) in [6.07, 6.45) is 0.880. The van der Waals surface area contributed by atoms with Gasteiger partial charge in [0.25, 0.3) is 5.91 Å². The molecular formula is C26H30N6O3. The molecule has 1 aliphatic rings. The Hall–Kier alpha value is -3.69. The van der Waals surface area contributed by atoms with Crippen LogP contribution < -0.4 is 15.8 Å². The van der Waals surface area contributed by atoms with Crippen molar-refractivity contribution in [3.05, 3.63) is 59.7 Å². The number of para-hydroxylation sites is 3. The number of methoxy groups -OCH3 is 1. The van der Waals surface area contributed by atoms with Gasteiger partial charge in [0.15, 0.2) is 5.65 Å². The number of nitrogens with two attached hydrogens (primary N) is 1. The second-order valence-electron chi connectivity index (χ2n) is 8.60. The zero-order valence-electron chi connectivity index (χ0n) is 19.9. The van der Waals surface area contributed by atoms with Gasteiger partial charge in [0.2, 0.25) is 0 Å². The summed E-state index contributed by atoms with van der Waals surface area (Å²) in [5.41, 5.74) is 10.5. The van der Waals surface area contributed by atoms with E-state index in [1.807, 2.05) is 53.1 Å². The van der Waals surface area contributed by atoms with E-state index in [4.69, 9.17) is 25.2 Å². The van der Waals surface area contributed by atoms with Gasteiger partial charge in [0, 0.05) is 38.3 Å². The second kappa shape index (κ2) is 10.3. The summed E-state index contributed by atoms with van der Waals surface area (Å²) in [4.78, 5) is 25.4. The van der Waals surface area contributed by atoms with Crippen LogP contribution in [0.4, 0.5) is 5.82 Å². The lowest BCUT2D eigenvalue weighted by Gasteiger charge is -2.26. The van der Waals surface area contributed by atoms with Crippen LogP contribution in [-0.2, 0) is 17.8 Å². The molecule has 4 aromatic rings. The molecule has 0 spiro atoms. The third kappa shape index (κ3) is 4.78. The highest BCUT2D eigenvalue weighted by Gasteiger charge is 2.24. The smallest absolute Gasteiger partial charge is 0.257 e. The molecule has 1 amide bonds. The third-order valence-corrected chi connectivity index (χ3v) is 6.41. The Morgan fingerprint density at radius 3 is 2.54 bits per heavy atom. The van der Waals surface area contributed by atoms with Crippen LogP contribution in [0.1, 0.15) is 22.3 Å². The van der Waals surface area contributed by atoms with Crippen LogP contribution in [0.5, 0.6) is 5.75 Å². The van der Waals surface area contributed by atoms with Crippen LogP contribution in [0.3, 0.4) is 0 Å². The SMILES string of the molecule is COc1ccccc1CNC(=O)c1c(N)n(CCCN2CCOCC2)c2nc3ccccc3nc12. The zero-order valence-corrected chi connectivity index (χ0v) is 19.9. The molecule has 2 aromatic heterocycles. The number of rotatable bonds is 8. The van der Waals surface area contributed by atoms with Crippen LogP contribution in [-0.4, -0.2) is 65.3 Å². The molecule has 3 heterocycles. The van der Waals surface area contributed by atoms with Crippen LogP contribution in [0, 0.1) is 0 Å². The number of aromatic nitrogens is 3. The molecule has 9 heteroatoms. The van der Waals surface area contributed by atoms with Crippen molar-refractivity contribution in [1.29, 1.82) is 0 Å². The van der Waals surface area contributed by atoms with Crippen molar-refractivity contribution < 1.29 is 14.3 Å². The number of amides is 1. The van der Waals surface area contributed by atoms with Gasteiger partial charge in [-0.3, -0.25) is 9.69 Å². The molecule has 0 bridgehead atoms.